The standard InChI is InChI=1S/C13H27N3O/c1-4-16(10-6-9-15(2)3)13(17)12-7-5-8-14-11-12/h12,14H,4-11H2,1-3H3. The predicted octanol–water partition coefficient (Wildman–Crippen LogP) is 0.786. The third-order valence-electron chi connectivity index (χ3n) is 3.37. The van der Waals surface area contributed by atoms with Gasteiger partial charge >= 0.3 is 0 Å². The van der Waals surface area contributed by atoms with Gasteiger partial charge in [-0.1, -0.05) is 0 Å². The summed E-state index contributed by atoms with van der Waals surface area (Å²) in [7, 11) is 4.15. The van der Waals surface area contributed by atoms with Crippen LogP contribution >= 0.6 is 0 Å². The summed E-state index contributed by atoms with van der Waals surface area (Å²) in [5, 5.41) is 3.31. The molecular formula is C13H27N3O. The maximum absolute atomic E-state index is 12.3. The van der Waals surface area contributed by atoms with Crippen molar-refractivity contribution < 1.29 is 4.79 Å². The molecule has 1 aliphatic heterocycles. The first-order chi connectivity index (χ1) is 8.15. The first-order valence-corrected chi connectivity index (χ1v) is 6.79. The van der Waals surface area contributed by atoms with E-state index < -0.39 is 0 Å². The fraction of sp³-hybridized carbons (Fsp3) is 0.923. The lowest BCUT2D eigenvalue weighted by molar-refractivity contribution is -0.136. The minimum absolute atomic E-state index is 0.211. The van der Waals surface area contributed by atoms with E-state index in [1.165, 1.54) is 0 Å². The van der Waals surface area contributed by atoms with Crippen molar-refractivity contribution in [2.75, 3.05) is 46.8 Å². The van der Waals surface area contributed by atoms with Gasteiger partial charge in [-0.3, -0.25) is 4.79 Å². The van der Waals surface area contributed by atoms with Crippen molar-refractivity contribution in [3.8, 4) is 0 Å². The first-order valence-electron chi connectivity index (χ1n) is 6.79. The van der Waals surface area contributed by atoms with Crippen molar-refractivity contribution in [1.29, 1.82) is 0 Å². The molecule has 1 aliphatic rings. The molecule has 0 aliphatic carbocycles. The van der Waals surface area contributed by atoms with E-state index in [4.69, 9.17) is 0 Å². The van der Waals surface area contributed by atoms with E-state index in [1.54, 1.807) is 0 Å². The van der Waals surface area contributed by atoms with Crippen LogP contribution in [-0.4, -0.2) is 62.5 Å². The molecule has 17 heavy (non-hydrogen) atoms. The molecule has 100 valence electrons. The van der Waals surface area contributed by atoms with Gasteiger partial charge in [-0.25, -0.2) is 0 Å². The average molecular weight is 241 g/mol. The first kappa shape index (κ1) is 14.5. The Balaban J connectivity index is 2.34. The molecule has 0 radical (unpaired) electrons. The van der Waals surface area contributed by atoms with Crippen molar-refractivity contribution >= 4 is 5.91 Å². The topological polar surface area (TPSA) is 35.6 Å². The van der Waals surface area contributed by atoms with Crippen LogP contribution in [0.5, 0.6) is 0 Å². The summed E-state index contributed by atoms with van der Waals surface area (Å²) in [6.07, 6.45) is 3.24. The molecule has 1 fully saturated rings. The summed E-state index contributed by atoms with van der Waals surface area (Å²) < 4.78 is 0. The Morgan fingerprint density at radius 3 is 2.65 bits per heavy atom. The van der Waals surface area contributed by atoms with E-state index in [-0.39, 0.29) is 5.92 Å². The number of amides is 1. The van der Waals surface area contributed by atoms with Crippen molar-refractivity contribution in [3.05, 3.63) is 0 Å². The van der Waals surface area contributed by atoms with Crippen LogP contribution in [0.1, 0.15) is 26.2 Å². The monoisotopic (exact) mass is 241 g/mol. The Hall–Kier alpha value is -0.610. The van der Waals surface area contributed by atoms with Crippen molar-refractivity contribution in [2.45, 2.75) is 26.2 Å². The molecule has 1 saturated heterocycles. The number of piperidine rings is 1. The third kappa shape index (κ3) is 5.04. The van der Waals surface area contributed by atoms with Crippen LogP contribution in [-0.2, 0) is 4.79 Å². The van der Waals surface area contributed by atoms with Gasteiger partial charge in [0, 0.05) is 19.6 Å². The molecule has 1 amide bonds. The third-order valence-corrected chi connectivity index (χ3v) is 3.37. The summed E-state index contributed by atoms with van der Waals surface area (Å²) in [6, 6.07) is 0. The van der Waals surface area contributed by atoms with Crippen LogP contribution < -0.4 is 5.32 Å². The van der Waals surface area contributed by atoms with Gasteiger partial charge in [-0.2, -0.15) is 0 Å². The molecular weight excluding hydrogens is 214 g/mol. The highest BCUT2D eigenvalue weighted by Gasteiger charge is 2.24. The van der Waals surface area contributed by atoms with Crippen LogP contribution in [0.3, 0.4) is 0 Å². The number of hydrogen-bond donors (Lipinski definition) is 1. The van der Waals surface area contributed by atoms with Gasteiger partial charge in [0.1, 0.15) is 0 Å². The molecule has 0 spiro atoms. The number of nitrogens with zero attached hydrogens (tertiary/aromatic N) is 2. The zero-order valence-corrected chi connectivity index (χ0v) is 11.5. The SMILES string of the molecule is CCN(CCCN(C)C)C(=O)C1CCCNC1. The van der Waals surface area contributed by atoms with Gasteiger partial charge in [0.25, 0.3) is 0 Å². The van der Waals surface area contributed by atoms with E-state index >= 15 is 0 Å². The Bertz CT molecular complexity index is 225. The Morgan fingerprint density at radius 1 is 1.35 bits per heavy atom. The molecule has 1 atom stereocenters. The van der Waals surface area contributed by atoms with Gasteiger partial charge in [0.05, 0.1) is 5.92 Å². The second kappa shape index (κ2) is 7.67. The normalized spacial score (nSPS) is 20.6. The summed E-state index contributed by atoms with van der Waals surface area (Å²) in [5.74, 6) is 0.557. The summed E-state index contributed by atoms with van der Waals surface area (Å²) >= 11 is 0. The fourth-order valence-corrected chi connectivity index (χ4v) is 2.32. The minimum atomic E-state index is 0.211. The predicted molar refractivity (Wildman–Crippen MR) is 71.0 cm³/mol. The van der Waals surface area contributed by atoms with Gasteiger partial charge in [0.2, 0.25) is 5.91 Å². The van der Waals surface area contributed by atoms with Crippen molar-refractivity contribution in [1.82, 2.24) is 15.1 Å². The second-order valence-corrected chi connectivity index (χ2v) is 5.12. The number of carbonyl (C=O) groups excluding carboxylic acids is 1. The van der Waals surface area contributed by atoms with E-state index in [9.17, 15) is 4.79 Å². The lowest BCUT2D eigenvalue weighted by Gasteiger charge is -2.29. The molecule has 4 heteroatoms. The zero-order valence-electron chi connectivity index (χ0n) is 11.5. The summed E-state index contributed by atoms with van der Waals surface area (Å²) in [4.78, 5) is 16.5. The molecule has 0 bridgehead atoms. The molecule has 0 saturated carbocycles. The number of carbonyl (C=O) groups is 1. The maximum atomic E-state index is 12.3. The Labute approximate surface area is 105 Å². The molecule has 1 N–H and O–H groups in total. The van der Waals surface area contributed by atoms with Crippen LogP contribution in [0.25, 0.3) is 0 Å². The highest BCUT2D eigenvalue weighted by molar-refractivity contribution is 5.79. The maximum Gasteiger partial charge on any atom is 0.226 e. The lowest BCUT2D eigenvalue weighted by Crippen LogP contribution is -2.43. The van der Waals surface area contributed by atoms with E-state index in [1.807, 2.05) is 4.90 Å². The average Bonchev–Trinajstić information content (AvgIpc) is 2.34. The minimum Gasteiger partial charge on any atom is -0.343 e. The molecule has 0 aromatic heterocycles. The Morgan fingerprint density at radius 2 is 2.12 bits per heavy atom. The number of hydrogen-bond acceptors (Lipinski definition) is 3. The van der Waals surface area contributed by atoms with Gasteiger partial charge in [-0.05, 0) is 53.4 Å². The van der Waals surface area contributed by atoms with E-state index in [0.717, 1.165) is 52.0 Å². The molecule has 1 unspecified atom stereocenters. The zero-order chi connectivity index (χ0) is 12.7. The largest absolute Gasteiger partial charge is 0.343 e. The van der Waals surface area contributed by atoms with Gasteiger partial charge in [0.15, 0.2) is 0 Å². The smallest absolute Gasteiger partial charge is 0.226 e. The second-order valence-electron chi connectivity index (χ2n) is 5.12. The van der Waals surface area contributed by atoms with Crippen LogP contribution in [0.15, 0.2) is 0 Å². The quantitative estimate of drug-likeness (QED) is 0.747. The molecule has 1 heterocycles. The van der Waals surface area contributed by atoms with E-state index in [0.29, 0.717) is 5.91 Å². The van der Waals surface area contributed by atoms with Crippen LogP contribution in [0.4, 0.5) is 0 Å². The van der Waals surface area contributed by atoms with Gasteiger partial charge in [-0.15, -0.1) is 0 Å². The highest BCUT2D eigenvalue weighted by Crippen LogP contribution is 2.13. The van der Waals surface area contributed by atoms with Crippen molar-refractivity contribution in [3.63, 3.8) is 0 Å². The van der Waals surface area contributed by atoms with E-state index in [2.05, 4.69) is 31.2 Å². The summed E-state index contributed by atoms with van der Waals surface area (Å²) in [5.41, 5.74) is 0. The lowest BCUT2D eigenvalue weighted by atomic mass is 9.98. The Kier molecular flexibility index (Phi) is 6.52. The molecule has 0 aromatic rings. The van der Waals surface area contributed by atoms with Crippen molar-refractivity contribution in [2.24, 2.45) is 5.92 Å². The van der Waals surface area contributed by atoms with Crippen LogP contribution in [0, 0.1) is 5.92 Å². The number of rotatable bonds is 6. The van der Waals surface area contributed by atoms with Crippen LogP contribution in [0.2, 0.25) is 0 Å². The highest BCUT2D eigenvalue weighted by atomic mass is 16.2. The van der Waals surface area contributed by atoms with Gasteiger partial charge < -0.3 is 15.1 Å². The summed E-state index contributed by atoms with van der Waals surface area (Å²) in [6.45, 7) is 6.78. The molecule has 1 rings (SSSR count). The number of nitrogens with one attached hydrogen (secondary N) is 1. The molecule has 0 aromatic carbocycles. The molecule has 4 nitrogen and oxygen atoms in total. The fourth-order valence-electron chi connectivity index (χ4n) is 2.32.